The Morgan fingerprint density at radius 3 is 2.29 bits per heavy atom. The molecule has 100 valence electrons. The van der Waals surface area contributed by atoms with Crippen LogP contribution in [0.4, 0.5) is 0 Å². The van der Waals surface area contributed by atoms with E-state index in [1.807, 2.05) is 0 Å². The lowest BCUT2D eigenvalue weighted by Gasteiger charge is -2.36. The summed E-state index contributed by atoms with van der Waals surface area (Å²) in [4.78, 5) is 11.9. The molecule has 0 radical (unpaired) electrons. The van der Waals surface area contributed by atoms with E-state index < -0.39 is 15.3 Å². The van der Waals surface area contributed by atoms with Gasteiger partial charge in [0.05, 0.1) is 17.3 Å². The van der Waals surface area contributed by atoms with Gasteiger partial charge in [0.1, 0.15) is 9.84 Å². The van der Waals surface area contributed by atoms with E-state index in [9.17, 15) is 13.2 Å². The summed E-state index contributed by atoms with van der Waals surface area (Å²) in [6.45, 7) is 2.31. The number of carbonyl (C=O) groups excluding carboxylic acids is 1. The fraction of sp³-hybridized carbons (Fsp3) is 0.909. The molecule has 17 heavy (non-hydrogen) atoms. The third-order valence-electron chi connectivity index (χ3n) is 3.59. The van der Waals surface area contributed by atoms with E-state index in [1.54, 1.807) is 6.92 Å². The van der Waals surface area contributed by atoms with E-state index in [4.69, 9.17) is 10.5 Å². The molecule has 0 heterocycles. The maximum absolute atomic E-state index is 11.9. The van der Waals surface area contributed by atoms with Crippen LogP contribution >= 0.6 is 0 Å². The van der Waals surface area contributed by atoms with Gasteiger partial charge in [0.25, 0.3) is 0 Å². The fourth-order valence-electron chi connectivity index (χ4n) is 2.35. The Morgan fingerprint density at radius 1 is 1.41 bits per heavy atom. The van der Waals surface area contributed by atoms with Crippen LogP contribution in [-0.4, -0.2) is 39.0 Å². The van der Waals surface area contributed by atoms with E-state index >= 15 is 0 Å². The van der Waals surface area contributed by atoms with E-state index in [2.05, 4.69) is 0 Å². The zero-order valence-electron chi connectivity index (χ0n) is 10.4. The van der Waals surface area contributed by atoms with Gasteiger partial charge in [-0.25, -0.2) is 8.42 Å². The molecule has 0 atom stereocenters. The summed E-state index contributed by atoms with van der Waals surface area (Å²) in [5.74, 6) is -0.283. The Kier molecular flexibility index (Phi) is 4.55. The molecule has 0 aromatic rings. The first-order chi connectivity index (χ1) is 7.85. The molecule has 0 aromatic heterocycles. The van der Waals surface area contributed by atoms with Gasteiger partial charge in [-0.05, 0) is 32.6 Å². The molecule has 0 aromatic carbocycles. The van der Waals surface area contributed by atoms with Crippen molar-refractivity contribution in [1.82, 2.24) is 0 Å². The summed E-state index contributed by atoms with van der Waals surface area (Å²) in [6, 6.07) is 0. The average Bonchev–Trinajstić information content (AvgIpc) is 2.28. The molecule has 0 saturated heterocycles. The summed E-state index contributed by atoms with van der Waals surface area (Å²) in [5, 5.41) is -0.336. The summed E-state index contributed by atoms with van der Waals surface area (Å²) in [7, 11) is -3.02. The topological polar surface area (TPSA) is 86.5 Å². The molecule has 1 aliphatic rings. The standard InChI is InChI=1S/C11H21NO4S/c1-3-16-10(13)11(8-12)6-4-9(5-7-11)17(2,14)15/h9H,3-8,12H2,1-2H3/t9-,11-. The van der Waals surface area contributed by atoms with Crippen LogP contribution in [0.25, 0.3) is 0 Å². The van der Waals surface area contributed by atoms with Crippen LogP contribution in [0.5, 0.6) is 0 Å². The predicted octanol–water partition coefficient (Wildman–Crippen LogP) is 0.482. The number of rotatable bonds is 4. The third kappa shape index (κ3) is 3.19. The number of hydrogen-bond acceptors (Lipinski definition) is 5. The van der Waals surface area contributed by atoms with Crippen molar-refractivity contribution in [2.45, 2.75) is 37.9 Å². The summed E-state index contributed by atoms with van der Waals surface area (Å²) < 4.78 is 27.9. The molecular weight excluding hydrogens is 242 g/mol. The second-order valence-corrected chi connectivity index (χ2v) is 7.06. The molecule has 1 aliphatic carbocycles. The van der Waals surface area contributed by atoms with Crippen molar-refractivity contribution in [2.75, 3.05) is 19.4 Å². The van der Waals surface area contributed by atoms with Crippen LogP contribution in [-0.2, 0) is 19.4 Å². The molecule has 0 aliphatic heterocycles. The van der Waals surface area contributed by atoms with Crippen LogP contribution < -0.4 is 5.73 Å². The maximum Gasteiger partial charge on any atom is 0.313 e. The Balaban J connectivity index is 2.73. The van der Waals surface area contributed by atoms with Crippen LogP contribution in [0.15, 0.2) is 0 Å². The van der Waals surface area contributed by atoms with Gasteiger partial charge < -0.3 is 10.5 Å². The monoisotopic (exact) mass is 263 g/mol. The van der Waals surface area contributed by atoms with Gasteiger partial charge in [-0.3, -0.25) is 4.79 Å². The summed E-state index contributed by atoms with van der Waals surface area (Å²) in [6.07, 6.45) is 3.24. The molecule has 6 heteroatoms. The lowest BCUT2D eigenvalue weighted by atomic mass is 9.74. The first-order valence-corrected chi connectivity index (χ1v) is 7.87. The second kappa shape index (κ2) is 5.35. The highest BCUT2D eigenvalue weighted by Crippen LogP contribution is 2.38. The second-order valence-electron chi connectivity index (χ2n) is 4.73. The first-order valence-electron chi connectivity index (χ1n) is 5.92. The number of sulfone groups is 1. The van der Waals surface area contributed by atoms with Gasteiger partial charge in [0.2, 0.25) is 0 Å². The molecule has 1 rings (SSSR count). The number of hydrogen-bond donors (Lipinski definition) is 1. The smallest absolute Gasteiger partial charge is 0.313 e. The summed E-state index contributed by atoms with van der Waals surface area (Å²) >= 11 is 0. The lowest BCUT2D eigenvalue weighted by molar-refractivity contribution is -0.156. The molecule has 1 saturated carbocycles. The van der Waals surface area contributed by atoms with Crippen molar-refractivity contribution in [3.8, 4) is 0 Å². The molecule has 0 spiro atoms. The van der Waals surface area contributed by atoms with Crippen molar-refractivity contribution in [3.63, 3.8) is 0 Å². The predicted molar refractivity (Wildman–Crippen MR) is 65.2 cm³/mol. The molecule has 1 fully saturated rings. The highest BCUT2D eigenvalue weighted by molar-refractivity contribution is 7.91. The molecule has 0 bridgehead atoms. The molecule has 0 unspecified atom stereocenters. The normalized spacial score (nSPS) is 29.9. The van der Waals surface area contributed by atoms with E-state index in [0.717, 1.165) is 0 Å². The highest BCUT2D eigenvalue weighted by Gasteiger charge is 2.43. The van der Waals surface area contributed by atoms with Gasteiger partial charge in [0, 0.05) is 12.8 Å². The van der Waals surface area contributed by atoms with Crippen molar-refractivity contribution in [1.29, 1.82) is 0 Å². The Hall–Kier alpha value is -0.620. The van der Waals surface area contributed by atoms with Gasteiger partial charge in [-0.15, -0.1) is 0 Å². The molecule has 5 nitrogen and oxygen atoms in total. The molecular formula is C11H21NO4S. The minimum absolute atomic E-state index is 0.225. The van der Waals surface area contributed by atoms with Crippen molar-refractivity contribution < 1.29 is 17.9 Å². The Morgan fingerprint density at radius 2 is 1.94 bits per heavy atom. The van der Waals surface area contributed by atoms with Crippen LogP contribution in [0, 0.1) is 5.41 Å². The van der Waals surface area contributed by atoms with Crippen molar-refractivity contribution >= 4 is 15.8 Å². The minimum atomic E-state index is -3.02. The maximum atomic E-state index is 11.9. The Labute approximate surface area is 103 Å². The van der Waals surface area contributed by atoms with E-state index in [-0.39, 0.29) is 17.8 Å². The number of esters is 1. The quantitative estimate of drug-likeness (QED) is 0.746. The van der Waals surface area contributed by atoms with Gasteiger partial charge in [0.15, 0.2) is 0 Å². The summed E-state index contributed by atoms with van der Waals surface area (Å²) in [5.41, 5.74) is 5.00. The lowest BCUT2D eigenvalue weighted by Crippen LogP contribution is -2.45. The number of ether oxygens (including phenoxy) is 1. The molecule has 0 amide bonds. The molecule has 2 N–H and O–H groups in total. The number of carbonyl (C=O) groups is 1. The Bertz CT molecular complexity index is 369. The van der Waals surface area contributed by atoms with Crippen LogP contribution in [0.1, 0.15) is 32.6 Å². The van der Waals surface area contributed by atoms with E-state index in [0.29, 0.717) is 32.3 Å². The van der Waals surface area contributed by atoms with Crippen LogP contribution in [0.2, 0.25) is 0 Å². The zero-order chi connectivity index (χ0) is 13.1. The highest BCUT2D eigenvalue weighted by atomic mass is 32.2. The first kappa shape index (κ1) is 14.4. The van der Waals surface area contributed by atoms with Gasteiger partial charge in [-0.1, -0.05) is 0 Å². The number of nitrogens with two attached hydrogens (primary N) is 1. The SMILES string of the molecule is CCOC(=O)[C@]1(CN)CC[C@@H](S(C)(=O)=O)CC1. The van der Waals surface area contributed by atoms with Crippen molar-refractivity contribution in [3.05, 3.63) is 0 Å². The minimum Gasteiger partial charge on any atom is -0.466 e. The van der Waals surface area contributed by atoms with Gasteiger partial charge >= 0.3 is 5.97 Å². The van der Waals surface area contributed by atoms with Crippen molar-refractivity contribution in [2.24, 2.45) is 11.1 Å². The van der Waals surface area contributed by atoms with Gasteiger partial charge in [-0.2, -0.15) is 0 Å². The zero-order valence-corrected chi connectivity index (χ0v) is 11.3. The average molecular weight is 263 g/mol. The van der Waals surface area contributed by atoms with E-state index in [1.165, 1.54) is 6.26 Å². The van der Waals surface area contributed by atoms with Crippen LogP contribution in [0.3, 0.4) is 0 Å². The third-order valence-corrected chi connectivity index (χ3v) is 5.28. The largest absolute Gasteiger partial charge is 0.466 e. The fourth-order valence-corrected chi connectivity index (χ4v) is 3.44.